The number of aryl methyl sites for hydroxylation is 1. The average Bonchev–Trinajstić information content (AvgIpc) is 3.29. The minimum absolute atomic E-state index is 0. The largest absolute Gasteiger partial charge is 0.495 e. The van der Waals surface area contributed by atoms with E-state index in [4.69, 9.17) is 4.74 Å². The van der Waals surface area contributed by atoms with Crippen molar-refractivity contribution in [3.8, 4) is 5.75 Å². The summed E-state index contributed by atoms with van der Waals surface area (Å²) in [5, 5.41) is 11.1. The highest BCUT2D eigenvalue weighted by molar-refractivity contribution is 14.0. The van der Waals surface area contributed by atoms with Crippen LogP contribution in [0, 0.1) is 0 Å². The average molecular weight is 484 g/mol. The molecule has 27 heavy (non-hydrogen) atoms. The Labute approximate surface area is 178 Å². The van der Waals surface area contributed by atoms with Gasteiger partial charge in [-0.3, -0.25) is 4.68 Å². The Kier molecular flexibility index (Phi) is 8.21. The van der Waals surface area contributed by atoms with Gasteiger partial charge in [-0.25, -0.2) is 4.99 Å². The monoisotopic (exact) mass is 484 g/mol. The van der Waals surface area contributed by atoms with Crippen molar-refractivity contribution >= 4 is 35.6 Å². The van der Waals surface area contributed by atoms with E-state index in [9.17, 15) is 0 Å². The molecule has 0 radical (unpaired) electrons. The quantitative estimate of drug-likeness (QED) is 0.375. The van der Waals surface area contributed by atoms with Gasteiger partial charge in [0.05, 0.1) is 25.5 Å². The summed E-state index contributed by atoms with van der Waals surface area (Å²) < 4.78 is 7.30. The number of methoxy groups -OCH3 is 1. The number of hydrogen-bond acceptors (Lipinski definition) is 4. The van der Waals surface area contributed by atoms with E-state index in [1.54, 1.807) is 11.8 Å². The van der Waals surface area contributed by atoms with Gasteiger partial charge in [0.25, 0.3) is 0 Å². The standard InChI is InChI=1S/C19H28N6O.HI/c1-4-20-19(21-11-15-12-22-24(2)13-15)23-16-9-10-25(14-16)17-7-5-6-8-18(17)26-3;/h5-8,12-13,16H,4,9-11,14H2,1-3H3,(H2,20,21,23);1H. The van der Waals surface area contributed by atoms with Gasteiger partial charge in [-0.1, -0.05) is 12.1 Å². The molecule has 1 fully saturated rings. The van der Waals surface area contributed by atoms with Crippen molar-refractivity contribution in [2.75, 3.05) is 31.6 Å². The Balaban J connectivity index is 0.00000261. The van der Waals surface area contributed by atoms with Gasteiger partial charge >= 0.3 is 0 Å². The van der Waals surface area contributed by atoms with Crippen LogP contribution >= 0.6 is 24.0 Å². The zero-order valence-corrected chi connectivity index (χ0v) is 18.5. The van der Waals surface area contributed by atoms with Gasteiger partial charge < -0.3 is 20.3 Å². The fourth-order valence-electron chi connectivity index (χ4n) is 3.23. The minimum atomic E-state index is 0. The maximum absolute atomic E-state index is 5.50. The molecule has 0 spiro atoms. The number of halogens is 1. The van der Waals surface area contributed by atoms with Crippen LogP contribution < -0.4 is 20.3 Å². The van der Waals surface area contributed by atoms with Crippen LogP contribution in [0.1, 0.15) is 18.9 Å². The van der Waals surface area contributed by atoms with E-state index in [-0.39, 0.29) is 24.0 Å². The number of nitrogens with zero attached hydrogens (tertiary/aromatic N) is 4. The third-order valence-corrected chi connectivity index (χ3v) is 4.48. The fraction of sp³-hybridized carbons (Fsp3) is 0.474. The Hall–Kier alpha value is -1.97. The van der Waals surface area contributed by atoms with Gasteiger partial charge in [-0.05, 0) is 25.5 Å². The highest BCUT2D eigenvalue weighted by Crippen LogP contribution is 2.30. The maximum atomic E-state index is 5.50. The van der Waals surface area contributed by atoms with Crippen LogP contribution in [-0.2, 0) is 13.6 Å². The van der Waals surface area contributed by atoms with Crippen LogP contribution in [0.25, 0.3) is 0 Å². The van der Waals surface area contributed by atoms with Crippen LogP contribution in [0.2, 0.25) is 0 Å². The summed E-state index contributed by atoms with van der Waals surface area (Å²) in [6.07, 6.45) is 4.91. The Morgan fingerprint density at radius 1 is 1.37 bits per heavy atom. The molecule has 1 aliphatic rings. The molecule has 0 aliphatic carbocycles. The normalized spacial score (nSPS) is 16.8. The number of aliphatic imine (C=N–C) groups is 1. The van der Waals surface area contributed by atoms with E-state index in [1.165, 1.54) is 0 Å². The van der Waals surface area contributed by atoms with Crippen molar-refractivity contribution in [1.82, 2.24) is 20.4 Å². The number of nitrogens with one attached hydrogen (secondary N) is 2. The molecule has 1 aromatic carbocycles. The summed E-state index contributed by atoms with van der Waals surface area (Å²) in [7, 11) is 3.64. The molecule has 2 heterocycles. The van der Waals surface area contributed by atoms with Crippen molar-refractivity contribution in [3.63, 3.8) is 0 Å². The summed E-state index contributed by atoms with van der Waals surface area (Å²) in [5.74, 6) is 1.77. The third kappa shape index (κ3) is 5.75. The van der Waals surface area contributed by atoms with Crippen LogP contribution in [-0.4, -0.2) is 48.5 Å². The first-order valence-corrected chi connectivity index (χ1v) is 9.10. The smallest absolute Gasteiger partial charge is 0.191 e. The lowest BCUT2D eigenvalue weighted by Gasteiger charge is -2.22. The van der Waals surface area contributed by atoms with Crippen molar-refractivity contribution in [3.05, 3.63) is 42.2 Å². The summed E-state index contributed by atoms with van der Waals surface area (Å²) >= 11 is 0. The first-order chi connectivity index (χ1) is 12.7. The van der Waals surface area contributed by atoms with E-state index >= 15 is 0 Å². The summed E-state index contributed by atoms with van der Waals surface area (Å²) in [4.78, 5) is 7.05. The molecule has 2 aromatic rings. The molecule has 148 valence electrons. The molecule has 1 aliphatic heterocycles. The second-order valence-corrected chi connectivity index (χ2v) is 6.47. The lowest BCUT2D eigenvalue weighted by molar-refractivity contribution is 0.415. The zero-order chi connectivity index (χ0) is 18.4. The summed E-state index contributed by atoms with van der Waals surface area (Å²) in [5.41, 5.74) is 2.25. The Bertz CT molecular complexity index is 747. The number of ether oxygens (including phenoxy) is 1. The number of benzene rings is 1. The van der Waals surface area contributed by atoms with Crippen LogP contribution in [0.5, 0.6) is 5.75 Å². The topological polar surface area (TPSA) is 66.7 Å². The molecule has 1 saturated heterocycles. The fourth-order valence-corrected chi connectivity index (χ4v) is 3.23. The molecular formula is C19H29IN6O. The van der Waals surface area contributed by atoms with Crippen LogP contribution in [0.15, 0.2) is 41.7 Å². The third-order valence-electron chi connectivity index (χ3n) is 4.48. The molecule has 1 aromatic heterocycles. The molecule has 0 bridgehead atoms. The number of anilines is 1. The lowest BCUT2D eigenvalue weighted by atomic mass is 10.2. The van der Waals surface area contributed by atoms with E-state index in [2.05, 4.69) is 44.7 Å². The van der Waals surface area contributed by atoms with E-state index < -0.39 is 0 Å². The van der Waals surface area contributed by atoms with Crippen LogP contribution in [0.3, 0.4) is 0 Å². The van der Waals surface area contributed by atoms with E-state index in [0.717, 1.165) is 49.0 Å². The van der Waals surface area contributed by atoms with Gasteiger partial charge in [-0.2, -0.15) is 5.10 Å². The molecule has 1 atom stereocenters. The van der Waals surface area contributed by atoms with Gasteiger partial charge in [0.1, 0.15) is 5.75 Å². The molecule has 1 unspecified atom stereocenters. The lowest BCUT2D eigenvalue weighted by Crippen LogP contribution is -2.44. The van der Waals surface area contributed by atoms with Gasteiger partial charge in [0.2, 0.25) is 0 Å². The zero-order valence-electron chi connectivity index (χ0n) is 16.2. The minimum Gasteiger partial charge on any atom is -0.495 e. The predicted molar refractivity (Wildman–Crippen MR) is 120 cm³/mol. The number of aromatic nitrogens is 2. The van der Waals surface area contributed by atoms with Crippen molar-refractivity contribution in [2.24, 2.45) is 12.0 Å². The number of para-hydroxylation sites is 2. The van der Waals surface area contributed by atoms with Gasteiger partial charge in [0.15, 0.2) is 5.96 Å². The van der Waals surface area contributed by atoms with Gasteiger partial charge in [-0.15, -0.1) is 24.0 Å². The highest BCUT2D eigenvalue weighted by Gasteiger charge is 2.25. The Morgan fingerprint density at radius 3 is 2.89 bits per heavy atom. The second kappa shape index (κ2) is 10.4. The molecule has 3 rings (SSSR count). The first kappa shape index (κ1) is 21.3. The highest BCUT2D eigenvalue weighted by atomic mass is 127. The first-order valence-electron chi connectivity index (χ1n) is 9.10. The number of rotatable bonds is 6. The summed E-state index contributed by atoms with van der Waals surface area (Å²) in [6.45, 7) is 5.46. The number of guanidine groups is 1. The molecule has 8 heteroatoms. The molecular weight excluding hydrogens is 455 g/mol. The molecule has 0 saturated carbocycles. The van der Waals surface area contributed by atoms with Gasteiger partial charge in [0, 0.05) is 44.5 Å². The van der Waals surface area contributed by atoms with E-state index in [0.29, 0.717) is 12.6 Å². The molecule has 7 nitrogen and oxygen atoms in total. The second-order valence-electron chi connectivity index (χ2n) is 6.47. The Morgan fingerprint density at radius 2 is 2.19 bits per heavy atom. The van der Waals surface area contributed by atoms with Crippen molar-refractivity contribution in [1.29, 1.82) is 0 Å². The predicted octanol–water partition coefficient (Wildman–Crippen LogP) is 2.38. The molecule has 2 N–H and O–H groups in total. The number of hydrogen-bond donors (Lipinski definition) is 2. The maximum Gasteiger partial charge on any atom is 0.191 e. The van der Waals surface area contributed by atoms with Crippen molar-refractivity contribution in [2.45, 2.75) is 25.9 Å². The summed E-state index contributed by atoms with van der Waals surface area (Å²) in [6, 6.07) is 8.53. The molecule has 0 amide bonds. The van der Waals surface area contributed by atoms with E-state index in [1.807, 2.05) is 31.6 Å². The van der Waals surface area contributed by atoms with Crippen LogP contribution in [0.4, 0.5) is 5.69 Å². The SMILES string of the molecule is CCNC(=NCc1cnn(C)c1)NC1CCN(c2ccccc2OC)C1.I. The van der Waals surface area contributed by atoms with Crippen molar-refractivity contribution < 1.29 is 4.74 Å².